The molecule has 0 N–H and O–H groups in total. The number of rotatable bonds is 2. The second-order valence-corrected chi connectivity index (χ2v) is 11.9. The molecule has 0 saturated heterocycles. The molecule has 4 atom stereocenters. The van der Waals surface area contributed by atoms with Gasteiger partial charge in [0.1, 0.15) is 0 Å². The van der Waals surface area contributed by atoms with Crippen LogP contribution in [0.3, 0.4) is 0 Å². The maximum absolute atomic E-state index is 14.9. The van der Waals surface area contributed by atoms with Crippen molar-refractivity contribution in [3.05, 3.63) is 128 Å². The summed E-state index contributed by atoms with van der Waals surface area (Å²) in [5.41, 5.74) is 6.35. The molecule has 0 saturated carbocycles. The Kier molecular flexibility index (Phi) is 4.61. The maximum atomic E-state index is 14.9. The highest BCUT2D eigenvalue weighted by Crippen LogP contribution is 2.67. The predicted molar refractivity (Wildman–Crippen MR) is 153 cm³/mol. The summed E-state index contributed by atoms with van der Waals surface area (Å²) in [6.07, 6.45) is 5.20. The number of carbonyl (C=O) groups excluding carboxylic acids is 6. The minimum absolute atomic E-state index is 0.276. The van der Waals surface area contributed by atoms with E-state index in [2.05, 4.69) is 0 Å². The van der Waals surface area contributed by atoms with Gasteiger partial charge in [0.2, 0.25) is 23.1 Å². The second kappa shape index (κ2) is 8.11. The van der Waals surface area contributed by atoms with Gasteiger partial charge in [-0.25, -0.2) is 0 Å². The zero-order chi connectivity index (χ0) is 30.3. The van der Waals surface area contributed by atoms with Crippen molar-refractivity contribution >= 4 is 34.7 Å². The van der Waals surface area contributed by atoms with Gasteiger partial charge in [0, 0.05) is 46.0 Å². The molecular weight excluding hydrogens is 560 g/mol. The van der Waals surface area contributed by atoms with Gasteiger partial charge in [0.25, 0.3) is 0 Å². The lowest BCUT2D eigenvalue weighted by Gasteiger charge is -2.51. The normalized spacial score (nSPS) is 27.0. The van der Waals surface area contributed by atoms with Crippen LogP contribution in [0.1, 0.15) is 45.9 Å². The van der Waals surface area contributed by atoms with Gasteiger partial charge in [-0.05, 0) is 81.0 Å². The van der Waals surface area contributed by atoms with E-state index in [1.807, 2.05) is 24.3 Å². The van der Waals surface area contributed by atoms with Crippen LogP contribution in [0.5, 0.6) is 11.5 Å². The quantitative estimate of drug-likeness (QED) is 0.301. The third kappa shape index (κ3) is 2.74. The first-order valence-corrected chi connectivity index (χ1v) is 14.2. The van der Waals surface area contributed by atoms with Crippen LogP contribution < -0.4 is 9.47 Å². The number of allylic oxidation sites excluding steroid dienone is 12. The van der Waals surface area contributed by atoms with Crippen LogP contribution in [0.25, 0.3) is 0 Å². The van der Waals surface area contributed by atoms with E-state index in [1.54, 1.807) is 12.1 Å². The molecule has 0 heterocycles. The summed E-state index contributed by atoms with van der Waals surface area (Å²) in [5.74, 6) is -5.52. The minimum atomic E-state index is -0.798. The molecule has 2 aromatic carbocycles. The van der Waals surface area contributed by atoms with Crippen LogP contribution in [-0.4, -0.2) is 48.9 Å². The smallest absolute Gasteiger partial charge is 0.226 e. The molecule has 9 aliphatic rings. The number of methoxy groups -OCH3 is 2. The fraction of sp³-hybridized carbons (Fsp3) is 0.167. The third-order valence-corrected chi connectivity index (χ3v) is 10.1. The van der Waals surface area contributed by atoms with E-state index in [4.69, 9.17) is 9.47 Å². The Morgan fingerprint density at radius 3 is 1.05 bits per heavy atom. The summed E-state index contributed by atoms with van der Waals surface area (Å²) in [6, 6.07) is 11.0. The summed E-state index contributed by atoms with van der Waals surface area (Å²) in [6.45, 7) is 0. The van der Waals surface area contributed by atoms with E-state index in [0.717, 1.165) is 11.1 Å². The largest absolute Gasteiger partial charge is 0.493 e. The summed E-state index contributed by atoms with van der Waals surface area (Å²) in [4.78, 5) is 80.4. The Morgan fingerprint density at radius 2 is 0.750 bits per heavy atom. The Labute approximate surface area is 249 Å². The number of benzene rings is 2. The van der Waals surface area contributed by atoms with Crippen LogP contribution in [0.4, 0.5) is 0 Å². The number of carbonyl (C=O) groups is 6. The monoisotopic (exact) mass is 580 g/mol. The van der Waals surface area contributed by atoms with E-state index in [-0.39, 0.29) is 22.7 Å². The Morgan fingerprint density at radius 1 is 0.455 bits per heavy atom. The first kappa shape index (κ1) is 25.0. The zero-order valence-corrected chi connectivity index (χ0v) is 23.3. The fourth-order valence-electron chi connectivity index (χ4n) is 8.47. The SMILES string of the molecule is COc1cc2c(cc1OC)[C@H]1C3=CC(=O)C(=O)C=C3[C@@H]2C2=C1C(=O)C1=C(C2=O)[C@@H]2C3=CC(=O)C(=O)C=C3[C@H]1c1ccccc12. The summed E-state index contributed by atoms with van der Waals surface area (Å²) in [5, 5.41) is 0. The van der Waals surface area contributed by atoms with Gasteiger partial charge in [-0.15, -0.1) is 0 Å². The van der Waals surface area contributed by atoms with Gasteiger partial charge in [-0.2, -0.15) is 0 Å². The topological polar surface area (TPSA) is 121 Å². The van der Waals surface area contributed by atoms with Crippen LogP contribution >= 0.6 is 0 Å². The van der Waals surface area contributed by atoms with Crippen LogP contribution in [0.2, 0.25) is 0 Å². The number of ketones is 6. The molecule has 8 heteroatoms. The molecule has 0 fully saturated rings. The lowest BCUT2D eigenvalue weighted by Crippen LogP contribution is -2.46. The standard InChI is InChI=1S/C36H20O8/c1-43-25-11-19-20(12-26(25)44-2)30-18-10-24(40)23(39)9-17(18)29(19)33-34(30)36(42)32-28-14-6-4-3-5-13(14)27(31(32)35(33)41)15-7-21(37)22(38)8-16(15)28/h3-12,27-30H,1-2H3/t27-,28+,29-,30+. The lowest BCUT2D eigenvalue weighted by molar-refractivity contribution is -0.131. The Hall–Kier alpha value is -5.50. The summed E-state index contributed by atoms with van der Waals surface area (Å²) in [7, 11) is 3.00. The molecule has 0 unspecified atom stereocenters. The number of Topliss-reactive ketones (excluding diaryl/α,β-unsaturated/α-hetero) is 2. The van der Waals surface area contributed by atoms with Crippen molar-refractivity contribution in [3.8, 4) is 11.5 Å². The molecule has 11 rings (SSSR count). The zero-order valence-electron chi connectivity index (χ0n) is 23.3. The highest BCUT2D eigenvalue weighted by Gasteiger charge is 2.59. The van der Waals surface area contributed by atoms with Crippen molar-refractivity contribution < 1.29 is 38.2 Å². The van der Waals surface area contributed by atoms with E-state index in [0.29, 0.717) is 56.1 Å². The van der Waals surface area contributed by atoms with Crippen LogP contribution in [0, 0.1) is 0 Å². The highest BCUT2D eigenvalue weighted by molar-refractivity contribution is 6.48. The molecule has 0 radical (unpaired) electrons. The molecule has 212 valence electrons. The predicted octanol–water partition coefficient (Wildman–Crippen LogP) is 3.55. The van der Waals surface area contributed by atoms with E-state index in [1.165, 1.54) is 38.5 Å². The molecule has 0 spiro atoms. The van der Waals surface area contributed by atoms with E-state index in [9.17, 15) is 28.8 Å². The Balaban J connectivity index is 1.34. The second-order valence-electron chi connectivity index (χ2n) is 11.9. The van der Waals surface area contributed by atoms with Gasteiger partial charge in [-0.1, -0.05) is 24.3 Å². The van der Waals surface area contributed by atoms with Gasteiger partial charge in [-0.3, -0.25) is 28.8 Å². The third-order valence-electron chi connectivity index (χ3n) is 10.1. The summed E-state index contributed by atoms with van der Waals surface area (Å²) < 4.78 is 11.2. The molecule has 44 heavy (non-hydrogen) atoms. The van der Waals surface area contributed by atoms with E-state index < -0.39 is 46.8 Å². The van der Waals surface area contributed by atoms with Crippen molar-refractivity contribution in [3.63, 3.8) is 0 Å². The van der Waals surface area contributed by atoms with Crippen molar-refractivity contribution in [2.45, 2.75) is 23.7 Å². The lowest BCUT2D eigenvalue weighted by atomic mass is 9.49. The number of hydrogen-bond donors (Lipinski definition) is 0. The first-order valence-electron chi connectivity index (χ1n) is 14.2. The minimum Gasteiger partial charge on any atom is -0.493 e. The molecular formula is C36H20O8. The van der Waals surface area contributed by atoms with Gasteiger partial charge >= 0.3 is 0 Å². The highest BCUT2D eigenvalue weighted by atomic mass is 16.5. The van der Waals surface area contributed by atoms with Crippen molar-refractivity contribution in [2.75, 3.05) is 14.2 Å². The van der Waals surface area contributed by atoms with Crippen molar-refractivity contribution in [1.29, 1.82) is 0 Å². The van der Waals surface area contributed by atoms with Crippen molar-refractivity contribution in [2.24, 2.45) is 0 Å². The molecule has 0 aliphatic heterocycles. The van der Waals surface area contributed by atoms with Crippen LogP contribution in [-0.2, 0) is 28.8 Å². The molecule has 4 bridgehead atoms. The number of ether oxygens (including phenoxy) is 2. The molecule has 2 aromatic rings. The van der Waals surface area contributed by atoms with Crippen molar-refractivity contribution in [1.82, 2.24) is 0 Å². The maximum Gasteiger partial charge on any atom is 0.226 e. The average molecular weight is 581 g/mol. The van der Waals surface area contributed by atoms with Gasteiger partial charge in [0.15, 0.2) is 23.1 Å². The summed E-state index contributed by atoms with van der Waals surface area (Å²) >= 11 is 0. The molecule has 0 amide bonds. The van der Waals surface area contributed by atoms with Gasteiger partial charge in [0.05, 0.1) is 14.2 Å². The Bertz CT molecular complexity index is 2010. The number of hydrogen-bond acceptors (Lipinski definition) is 8. The fourth-order valence-corrected chi connectivity index (χ4v) is 8.47. The molecule has 8 nitrogen and oxygen atoms in total. The van der Waals surface area contributed by atoms with E-state index >= 15 is 0 Å². The molecule has 9 aliphatic carbocycles. The average Bonchev–Trinajstić information content (AvgIpc) is 3.03. The van der Waals surface area contributed by atoms with Crippen LogP contribution in [0.15, 0.2) is 105 Å². The molecule has 0 aromatic heterocycles. The van der Waals surface area contributed by atoms with Gasteiger partial charge < -0.3 is 9.47 Å². The first-order chi connectivity index (χ1) is 21.2.